The topological polar surface area (TPSA) is 45.6 Å². The van der Waals surface area contributed by atoms with Crippen LogP contribution >= 0.6 is 0 Å². The molecule has 0 bridgehead atoms. The SMILES string of the molecule is CCO[C@H]1C[C@@H](O)C12CCN(c1ccccn1)CC2. The monoisotopic (exact) mass is 262 g/mol. The van der Waals surface area contributed by atoms with Crippen molar-refractivity contribution >= 4 is 5.82 Å². The van der Waals surface area contributed by atoms with Crippen LogP contribution in [0.2, 0.25) is 0 Å². The number of aliphatic hydroxyl groups is 1. The second-order valence-corrected chi connectivity index (χ2v) is 5.60. The maximum absolute atomic E-state index is 10.2. The minimum absolute atomic E-state index is 0.00128. The van der Waals surface area contributed by atoms with Gasteiger partial charge in [0.2, 0.25) is 0 Å². The van der Waals surface area contributed by atoms with E-state index in [2.05, 4.69) is 16.0 Å². The zero-order valence-corrected chi connectivity index (χ0v) is 11.5. The highest BCUT2D eigenvalue weighted by Crippen LogP contribution is 2.51. The van der Waals surface area contributed by atoms with Gasteiger partial charge in [0.25, 0.3) is 0 Å². The van der Waals surface area contributed by atoms with E-state index in [4.69, 9.17) is 4.74 Å². The minimum Gasteiger partial charge on any atom is -0.392 e. The van der Waals surface area contributed by atoms with E-state index in [1.54, 1.807) is 0 Å². The van der Waals surface area contributed by atoms with E-state index in [9.17, 15) is 5.11 Å². The zero-order valence-electron chi connectivity index (χ0n) is 11.5. The van der Waals surface area contributed by atoms with Crippen molar-refractivity contribution in [2.45, 2.75) is 38.4 Å². The van der Waals surface area contributed by atoms with Crippen LogP contribution in [-0.2, 0) is 4.74 Å². The lowest BCUT2D eigenvalue weighted by Gasteiger charge is -2.56. The number of rotatable bonds is 3. The molecule has 3 rings (SSSR count). The number of pyridine rings is 1. The van der Waals surface area contributed by atoms with Crippen molar-refractivity contribution in [3.63, 3.8) is 0 Å². The highest BCUT2D eigenvalue weighted by atomic mass is 16.5. The van der Waals surface area contributed by atoms with E-state index in [0.717, 1.165) is 44.8 Å². The molecule has 0 aromatic carbocycles. The summed E-state index contributed by atoms with van der Waals surface area (Å²) in [4.78, 5) is 6.71. The van der Waals surface area contributed by atoms with Crippen LogP contribution in [0.3, 0.4) is 0 Å². The maximum atomic E-state index is 10.2. The standard InChI is InChI=1S/C15H22N2O2/c1-2-19-13-11-12(18)15(13)6-9-17(10-7-15)14-5-3-4-8-16-14/h3-5,8,12-13,18H,2,6-7,9-11H2,1H3/t12-,13+/m1/s1. The van der Waals surface area contributed by atoms with Crippen molar-refractivity contribution in [3.8, 4) is 0 Å². The van der Waals surface area contributed by atoms with Crippen LogP contribution in [0.4, 0.5) is 5.82 Å². The lowest BCUT2D eigenvalue weighted by atomic mass is 9.58. The van der Waals surface area contributed by atoms with Crippen molar-refractivity contribution in [2.24, 2.45) is 5.41 Å². The van der Waals surface area contributed by atoms with Crippen LogP contribution in [0, 0.1) is 5.41 Å². The van der Waals surface area contributed by atoms with Gasteiger partial charge in [-0.2, -0.15) is 0 Å². The van der Waals surface area contributed by atoms with Gasteiger partial charge in [0.05, 0.1) is 12.2 Å². The van der Waals surface area contributed by atoms with Crippen molar-refractivity contribution in [1.82, 2.24) is 4.98 Å². The smallest absolute Gasteiger partial charge is 0.128 e. The predicted molar refractivity (Wildman–Crippen MR) is 74.2 cm³/mol. The molecular formula is C15H22N2O2. The van der Waals surface area contributed by atoms with Crippen LogP contribution in [0.15, 0.2) is 24.4 Å². The lowest BCUT2D eigenvalue weighted by molar-refractivity contribution is -0.199. The van der Waals surface area contributed by atoms with Gasteiger partial charge in [0.1, 0.15) is 5.82 Å². The minimum atomic E-state index is -0.185. The Labute approximate surface area is 114 Å². The van der Waals surface area contributed by atoms with Crippen molar-refractivity contribution in [2.75, 3.05) is 24.6 Å². The van der Waals surface area contributed by atoms with Crippen LogP contribution in [0.25, 0.3) is 0 Å². The van der Waals surface area contributed by atoms with Crippen molar-refractivity contribution < 1.29 is 9.84 Å². The fourth-order valence-corrected chi connectivity index (χ4v) is 3.51. The Bertz CT molecular complexity index is 413. The molecule has 1 N–H and O–H groups in total. The molecule has 1 spiro atoms. The summed E-state index contributed by atoms with van der Waals surface area (Å²) in [5.74, 6) is 1.04. The molecule has 19 heavy (non-hydrogen) atoms. The van der Waals surface area contributed by atoms with Gasteiger partial charge in [-0.05, 0) is 31.9 Å². The fourth-order valence-electron chi connectivity index (χ4n) is 3.51. The normalized spacial score (nSPS) is 29.3. The molecule has 1 aromatic rings. The molecule has 1 aromatic heterocycles. The Morgan fingerprint density at radius 2 is 2.21 bits per heavy atom. The number of aromatic nitrogens is 1. The first kappa shape index (κ1) is 12.9. The highest BCUT2D eigenvalue weighted by Gasteiger charge is 2.56. The van der Waals surface area contributed by atoms with E-state index in [-0.39, 0.29) is 17.6 Å². The van der Waals surface area contributed by atoms with Crippen LogP contribution in [0.1, 0.15) is 26.2 Å². The van der Waals surface area contributed by atoms with E-state index < -0.39 is 0 Å². The number of hydrogen-bond acceptors (Lipinski definition) is 4. The fraction of sp³-hybridized carbons (Fsp3) is 0.667. The van der Waals surface area contributed by atoms with E-state index >= 15 is 0 Å². The first-order valence-corrected chi connectivity index (χ1v) is 7.22. The van der Waals surface area contributed by atoms with Gasteiger partial charge in [-0.3, -0.25) is 0 Å². The molecular weight excluding hydrogens is 240 g/mol. The third-order valence-corrected chi connectivity index (χ3v) is 4.78. The van der Waals surface area contributed by atoms with Gasteiger partial charge >= 0.3 is 0 Å². The average molecular weight is 262 g/mol. The Morgan fingerprint density at radius 1 is 1.42 bits per heavy atom. The Hall–Kier alpha value is -1.13. The third kappa shape index (κ3) is 2.13. The molecule has 1 aliphatic heterocycles. The Kier molecular flexibility index (Phi) is 3.46. The first-order valence-electron chi connectivity index (χ1n) is 7.22. The second kappa shape index (κ2) is 5.10. The van der Waals surface area contributed by atoms with Gasteiger partial charge in [0, 0.05) is 37.7 Å². The molecule has 2 fully saturated rings. The summed E-state index contributed by atoms with van der Waals surface area (Å²) in [6.07, 6.45) is 4.69. The molecule has 1 saturated heterocycles. The van der Waals surface area contributed by atoms with E-state index in [1.807, 2.05) is 25.3 Å². The maximum Gasteiger partial charge on any atom is 0.128 e. The van der Waals surface area contributed by atoms with Crippen LogP contribution in [0.5, 0.6) is 0 Å². The first-order chi connectivity index (χ1) is 9.26. The summed E-state index contributed by atoms with van der Waals surface area (Å²) < 4.78 is 5.79. The van der Waals surface area contributed by atoms with E-state index in [0.29, 0.717) is 0 Å². The van der Waals surface area contributed by atoms with Gasteiger partial charge in [0.15, 0.2) is 0 Å². The van der Waals surface area contributed by atoms with Gasteiger partial charge < -0.3 is 14.7 Å². The van der Waals surface area contributed by atoms with Gasteiger partial charge in [-0.1, -0.05) is 6.07 Å². The largest absolute Gasteiger partial charge is 0.392 e. The molecule has 4 nitrogen and oxygen atoms in total. The second-order valence-electron chi connectivity index (χ2n) is 5.60. The quantitative estimate of drug-likeness (QED) is 0.903. The summed E-state index contributed by atoms with van der Waals surface area (Å²) in [6, 6.07) is 6.01. The molecule has 4 heteroatoms. The molecule has 2 aliphatic rings. The summed E-state index contributed by atoms with van der Waals surface area (Å²) in [6.45, 7) is 4.68. The molecule has 0 unspecified atom stereocenters. The number of anilines is 1. The van der Waals surface area contributed by atoms with E-state index in [1.165, 1.54) is 0 Å². The number of piperidine rings is 1. The number of nitrogens with zero attached hydrogens (tertiary/aromatic N) is 2. The van der Waals surface area contributed by atoms with Crippen LogP contribution < -0.4 is 4.90 Å². The summed E-state index contributed by atoms with van der Waals surface area (Å²) >= 11 is 0. The zero-order chi connectivity index (χ0) is 13.3. The summed E-state index contributed by atoms with van der Waals surface area (Å²) in [5.41, 5.74) is 0.00128. The van der Waals surface area contributed by atoms with Crippen molar-refractivity contribution in [1.29, 1.82) is 0 Å². The Morgan fingerprint density at radius 3 is 2.79 bits per heavy atom. The molecule has 1 aliphatic carbocycles. The predicted octanol–water partition coefficient (Wildman–Crippen LogP) is 1.84. The molecule has 1 saturated carbocycles. The molecule has 104 valence electrons. The third-order valence-electron chi connectivity index (χ3n) is 4.78. The molecule has 0 radical (unpaired) electrons. The average Bonchev–Trinajstić information content (AvgIpc) is 2.48. The molecule has 0 amide bonds. The van der Waals surface area contributed by atoms with Crippen LogP contribution in [-0.4, -0.2) is 42.0 Å². The molecule has 2 atom stereocenters. The van der Waals surface area contributed by atoms with Gasteiger partial charge in [-0.15, -0.1) is 0 Å². The number of aliphatic hydroxyl groups excluding tert-OH is 1. The Balaban J connectivity index is 1.66. The van der Waals surface area contributed by atoms with Gasteiger partial charge in [-0.25, -0.2) is 4.98 Å². The highest BCUT2D eigenvalue weighted by molar-refractivity contribution is 5.38. The lowest BCUT2D eigenvalue weighted by Crippen LogP contribution is -2.62. The number of hydrogen-bond donors (Lipinski definition) is 1. The summed E-state index contributed by atoms with van der Waals surface area (Å²) in [5, 5.41) is 10.2. The van der Waals surface area contributed by atoms with Crippen molar-refractivity contribution in [3.05, 3.63) is 24.4 Å². The summed E-state index contributed by atoms with van der Waals surface area (Å²) in [7, 11) is 0. The number of ether oxygens (including phenoxy) is 1. The molecule has 2 heterocycles.